The number of methoxy groups -OCH3 is 1. The zero-order valence-corrected chi connectivity index (χ0v) is 18.6. The van der Waals surface area contributed by atoms with Gasteiger partial charge in [0.25, 0.3) is 0 Å². The fourth-order valence-electron chi connectivity index (χ4n) is 3.29. The molecule has 1 aromatic carbocycles. The predicted molar refractivity (Wildman–Crippen MR) is 109 cm³/mol. The Hall–Kier alpha value is -2.82. The fraction of sp³-hybridized carbons (Fsp3) is 0.429. The molecule has 0 aromatic heterocycles. The first-order chi connectivity index (χ1) is 14.8. The number of esters is 2. The highest BCUT2D eigenvalue weighted by molar-refractivity contribution is 7.88. The maximum Gasteiger partial charge on any atom is 0.534 e. The van der Waals surface area contributed by atoms with Crippen molar-refractivity contribution < 1.29 is 44.8 Å². The van der Waals surface area contributed by atoms with Crippen molar-refractivity contribution in [2.24, 2.45) is 0 Å². The minimum absolute atomic E-state index is 0.0414. The van der Waals surface area contributed by atoms with E-state index in [-0.39, 0.29) is 42.6 Å². The summed E-state index contributed by atoms with van der Waals surface area (Å²) in [5.41, 5.74) is -3.86. The molecule has 0 N–H and O–H groups in total. The average Bonchev–Trinajstić information content (AvgIpc) is 3.09. The first-order valence-electron chi connectivity index (χ1n) is 9.52. The van der Waals surface area contributed by atoms with E-state index in [0.717, 1.165) is 0 Å². The van der Waals surface area contributed by atoms with E-state index in [1.807, 2.05) is 0 Å². The summed E-state index contributed by atoms with van der Waals surface area (Å²) in [4.78, 5) is 23.6. The van der Waals surface area contributed by atoms with Crippen LogP contribution in [0.4, 0.5) is 13.2 Å². The van der Waals surface area contributed by atoms with Crippen molar-refractivity contribution in [3.8, 4) is 5.75 Å². The van der Waals surface area contributed by atoms with Crippen LogP contribution in [0.15, 0.2) is 24.3 Å². The molecule has 1 aliphatic rings. The van der Waals surface area contributed by atoms with Crippen LogP contribution in [0.25, 0.3) is 0 Å². The van der Waals surface area contributed by atoms with Gasteiger partial charge in [0, 0.05) is 17.5 Å². The molecule has 2 rings (SSSR count). The molecule has 0 aliphatic carbocycles. The molecule has 1 heterocycles. The van der Waals surface area contributed by atoms with E-state index in [2.05, 4.69) is 15.5 Å². The smallest absolute Gasteiger partial charge is 0.469 e. The van der Waals surface area contributed by atoms with Gasteiger partial charge in [-0.2, -0.15) is 21.6 Å². The van der Waals surface area contributed by atoms with Crippen LogP contribution in [0.2, 0.25) is 0 Å². The molecule has 0 unspecified atom stereocenters. The van der Waals surface area contributed by atoms with Gasteiger partial charge in [-0.15, -0.1) is 6.58 Å². The summed E-state index contributed by atoms with van der Waals surface area (Å²) in [6.07, 6.45) is 3.71. The lowest BCUT2D eigenvalue weighted by atomic mass is 9.88. The number of alkyl halides is 3. The van der Waals surface area contributed by atoms with Crippen LogP contribution in [0.3, 0.4) is 0 Å². The van der Waals surface area contributed by atoms with Crippen LogP contribution in [0.5, 0.6) is 5.75 Å². The maximum atomic E-state index is 13.1. The number of halogens is 3. The van der Waals surface area contributed by atoms with E-state index < -0.39 is 33.3 Å². The zero-order valence-electron chi connectivity index (χ0n) is 17.8. The minimum Gasteiger partial charge on any atom is -0.469 e. The van der Waals surface area contributed by atoms with Crippen LogP contribution < -0.4 is 4.18 Å². The number of cyclic esters (lactones) is 1. The van der Waals surface area contributed by atoms with E-state index in [0.29, 0.717) is 23.1 Å². The highest BCUT2D eigenvalue weighted by Gasteiger charge is 2.50. The van der Waals surface area contributed by atoms with Crippen LogP contribution in [-0.4, -0.2) is 33.0 Å². The van der Waals surface area contributed by atoms with Crippen molar-refractivity contribution in [2.45, 2.75) is 51.6 Å². The molecule has 7 nitrogen and oxygen atoms in total. The molecule has 32 heavy (non-hydrogen) atoms. The Balaban J connectivity index is 2.65. The van der Waals surface area contributed by atoms with Crippen LogP contribution in [-0.2, 0) is 43.8 Å². The number of hydrogen-bond acceptors (Lipinski definition) is 7. The first-order valence-corrected chi connectivity index (χ1v) is 10.9. The van der Waals surface area contributed by atoms with Gasteiger partial charge in [0.05, 0.1) is 7.11 Å². The van der Waals surface area contributed by atoms with Crippen molar-refractivity contribution >= 4 is 22.1 Å². The molecule has 1 aliphatic heterocycles. The van der Waals surface area contributed by atoms with Gasteiger partial charge in [0.1, 0.15) is 12.2 Å². The molecule has 0 saturated carbocycles. The lowest BCUT2D eigenvalue weighted by Gasteiger charge is -2.20. The average molecular weight is 476 g/mol. The van der Waals surface area contributed by atoms with Crippen molar-refractivity contribution in [1.29, 1.82) is 0 Å². The standard InChI is InChI=1S/C21H23F3O7S/c1-5-6-14-13(3)16-11-30-20(26)18(16)19(31-32(27,28)21(22,23)24)15(14)9-7-12(2)8-10-17(25)29-4/h5,7H,1,6,8-11H2,2-4H3. The summed E-state index contributed by atoms with van der Waals surface area (Å²) in [6.45, 7) is 6.80. The van der Waals surface area contributed by atoms with E-state index in [4.69, 9.17) is 4.74 Å². The van der Waals surface area contributed by atoms with E-state index >= 15 is 0 Å². The molecule has 0 radical (unpaired) electrons. The largest absolute Gasteiger partial charge is 0.534 e. The number of carbonyl (C=O) groups is 2. The second-order valence-corrected chi connectivity index (χ2v) is 8.69. The van der Waals surface area contributed by atoms with E-state index in [1.54, 1.807) is 19.9 Å². The van der Waals surface area contributed by atoms with E-state index in [9.17, 15) is 31.2 Å². The molecule has 11 heteroatoms. The van der Waals surface area contributed by atoms with Crippen molar-refractivity contribution in [1.82, 2.24) is 0 Å². The lowest BCUT2D eigenvalue weighted by molar-refractivity contribution is -0.140. The van der Waals surface area contributed by atoms with Crippen LogP contribution in [0.1, 0.15) is 52.4 Å². The SMILES string of the molecule is C=CCc1c(C)c2c(c(OS(=O)(=O)C(F)(F)F)c1CC=C(C)CCC(=O)OC)C(=O)OC2. The lowest BCUT2D eigenvalue weighted by Crippen LogP contribution is -2.29. The third kappa shape index (κ3) is 5.32. The number of allylic oxidation sites excluding steroid dienone is 3. The molecule has 0 amide bonds. The highest BCUT2D eigenvalue weighted by atomic mass is 32.2. The van der Waals surface area contributed by atoms with Gasteiger partial charge >= 0.3 is 27.6 Å². The quantitative estimate of drug-likeness (QED) is 0.229. The Kier molecular flexibility index (Phi) is 7.76. The monoisotopic (exact) mass is 476 g/mol. The third-order valence-corrected chi connectivity index (χ3v) is 6.01. The molecule has 0 fully saturated rings. The normalized spacial score (nSPS) is 14.1. The highest BCUT2D eigenvalue weighted by Crippen LogP contribution is 2.41. The number of rotatable bonds is 9. The van der Waals surface area contributed by atoms with E-state index in [1.165, 1.54) is 13.2 Å². The van der Waals surface area contributed by atoms with Gasteiger partial charge in [-0.05, 0) is 44.2 Å². The van der Waals surface area contributed by atoms with Gasteiger partial charge in [0.15, 0.2) is 5.75 Å². The zero-order chi connectivity index (χ0) is 24.3. The fourth-order valence-corrected chi connectivity index (χ4v) is 3.79. The molecule has 1 aromatic rings. The van der Waals surface area contributed by atoms with Crippen LogP contribution >= 0.6 is 0 Å². The van der Waals surface area contributed by atoms with Crippen molar-refractivity contribution in [3.05, 3.63) is 52.1 Å². The predicted octanol–water partition coefficient (Wildman–Crippen LogP) is 4.06. The van der Waals surface area contributed by atoms with Crippen LogP contribution in [0, 0.1) is 6.92 Å². The minimum atomic E-state index is -6.04. The Morgan fingerprint density at radius 2 is 1.88 bits per heavy atom. The van der Waals surface area contributed by atoms with Crippen molar-refractivity contribution in [2.75, 3.05) is 7.11 Å². The maximum absolute atomic E-state index is 13.1. The first kappa shape index (κ1) is 25.4. The summed E-state index contributed by atoms with van der Waals surface area (Å²) in [5, 5.41) is 0. The Morgan fingerprint density at radius 1 is 1.22 bits per heavy atom. The number of benzene rings is 1. The molecule has 0 saturated heterocycles. The molecule has 0 spiro atoms. The van der Waals surface area contributed by atoms with Gasteiger partial charge in [-0.1, -0.05) is 17.7 Å². The van der Waals surface area contributed by atoms with Crippen molar-refractivity contribution in [3.63, 3.8) is 0 Å². The Morgan fingerprint density at radius 3 is 2.44 bits per heavy atom. The molecule has 0 bridgehead atoms. The molecule has 176 valence electrons. The van der Waals surface area contributed by atoms with Gasteiger partial charge < -0.3 is 13.7 Å². The topological polar surface area (TPSA) is 96.0 Å². The molecular formula is C21H23F3O7S. The number of carbonyl (C=O) groups excluding carboxylic acids is 2. The second kappa shape index (κ2) is 9.76. The summed E-state index contributed by atoms with van der Waals surface area (Å²) < 4.78 is 76.8. The third-order valence-electron chi connectivity index (χ3n) is 5.06. The summed E-state index contributed by atoms with van der Waals surface area (Å²) >= 11 is 0. The Bertz CT molecular complexity index is 1070. The van der Waals surface area contributed by atoms with Gasteiger partial charge in [0.2, 0.25) is 0 Å². The summed E-state index contributed by atoms with van der Waals surface area (Å²) in [7, 11) is -4.79. The molecular weight excluding hydrogens is 453 g/mol. The Labute approximate surface area is 184 Å². The summed E-state index contributed by atoms with van der Waals surface area (Å²) in [5.74, 6) is -2.09. The number of hydrogen-bond donors (Lipinski definition) is 0. The summed E-state index contributed by atoms with van der Waals surface area (Å²) in [6, 6.07) is 0. The molecule has 0 atom stereocenters. The van der Waals surface area contributed by atoms with Gasteiger partial charge in [-0.25, -0.2) is 4.79 Å². The second-order valence-electron chi connectivity index (χ2n) is 7.15. The number of fused-ring (bicyclic) bond motifs is 1. The van der Waals surface area contributed by atoms with Gasteiger partial charge in [-0.3, -0.25) is 4.79 Å². The number of ether oxygens (including phenoxy) is 2.